The second-order valence-corrected chi connectivity index (χ2v) is 10.1. The molecular formula is C31H33N3O4. The number of nitrogens with one attached hydrogen (secondary N) is 1. The molecule has 1 atom stereocenters. The first-order valence-corrected chi connectivity index (χ1v) is 13.1. The van der Waals surface area contributed by atoms with E-state index in [0.29, 0.717) is 30.1 Å². The molecule has 2 aliphatic heterocycles. The van der Waals surface area contributed by atoms with Crippen LogP contribution in [0.15, 0.2) is 65.7 Å². The summed E-state index contributed by atoms with van der Waals surface area (Å²) in [4.78, 5) is 32.0. The number of nitrogens with zero attached hydrogens (tertiary/aromatic N) is 2. The number of methoxy groups -OCH3 is 1. The first-order valence-electron chi connectivity index (χ1n) is 13.1. The zero-order valence-corrected chi connectivity index (χ0v) is 21.9. The molecule has 0 aliphatic carbocycles. The molecule has 0 radical (unpaired) electrons. The van der Waals surface area contributed by atoms with E-state index in [0.717, 1.165) is 60.6 Å². The summed E-state index contributed by atoms with van der Waals surface area (Å²) >= 11 is 0. The van der Waals surface area contributed by atoms with Crippen molar-refractivity contribution in [3.8, 4) is 11.5 Å². The van der Waals surface area contributed by atoms with Crippen LogP contribution in [0.1, 0.15) is 58.8 Å². The summed E-state index contributed by atoms with van der Waals surface area (Å²) in [7, 11) is 1.70. The average Bonchev–Trinajstić information content (AvgIpc) is 3.33. The number of phenolic OH excluding ortho intramolecular Hbond substituents is 1. The molecule has 3 aromatic carbocycles. The molecule has 0 bridgehead atoms. The number of benzene rings is 3. The molecule has 38 heavy (non-hydrogen) atoms. The minimum atomic E-state index is -0.261. The van der Waals surface area contributed by atoms with Crippen molar-refractivity contribution < 1.29 is 19.4 Å². The monoisotopic (exact) mass is 511 g/mol. The summed E-state index contributed by atoms with van der Waals surface area (Å²) in [5, 5.41) is 12.8. The average molecular weight is 512 g/mol. The Balaban J connectivity index is 1.28. The van der Waals surface area contributed by atoms with Crippen molar-refractivity contribution in [1.29, 1.82) is 0 Å². The molecule has 0 spiro atoms. The molecule has 2 N–H and O–H groups in total. The fraction of sp³-hybridized carbons (Fsp3) is 0.323. The second-order valence-electron chi connectivity index (χ2n) is 10.1. The topological polar surface area (TPSA) is 91.2 Å². The van der Waals surface area contributed by atoms with E-state index in [4.69, 9.17) is 9.73 Å². The van der Waals surface area contributed by atoms with Crippen LogP contribution in [0.3, 0.4) is 0 Å². The number of amides is 1. The molecule has 0 saturated carbocycles. The molecule has 0 aromatic heterocycles. The number of fused-ring (bicyclic) bond motifs is 1. The van der Waals surface area contributed by atoms with Gasteiger partial charge < -0.3 is 15.2 Å². The number of phenols is 1. The van der Waals surface area contributed by atoms with Crippen LogP contribution in [0.4, 0.5) is 5.69 Å². The first kappa shape index (κ1) is 25.7. The Hall–Kier alpha value is -3.97. The quantitative estimate of drug-likeness (QED) is 0.321. The lowest BCUT2D eigenvalue weighted by molar-refractivity contribution is -0.114. The fourth-order valence-corrected chi connectivity index (χ4v) is 5.49. The summed E-state index contributed by atoms with van der Waals surface area (Å²) in [5.74, 6) is 1.10. The Morgan fingerprint density at radius 1 is 1.13 bits per heavy atom. The van der Waals surface area contributed by atoms with Crippen molar-refractivity contribution >= 4 is 23.1 Å². The Labute approximate surface area is 223 Å². The van der Waals surface area contributed by atoms with Crippen LogP contribution in [-0.4, -0.2) is 47.6 Å². The third kappa shape index (κ3) is 5.63. The molecule has 5 rings (SSSR count). The fourth-order valence-electron chi connectivity index (χ4n) is 5.49. The SMILES string of the molecule is COc1ccccc1CN1CCC[C@@H](CC(=O)c2ccc3c(c2)C(c2ccc(O)c(NC(C)=O)c2)=NC3)C1. The van der Waals surface area contributed by atoms with Gasteiger partial charge in [-0.25, -0.2) is 0 Å². The summed E-state index contributed by atoms with van der Waals surface area (Å²) in [6.45, 7) is 4.67. The Bertz CT molecular complexity index is 1400. The van der Waals surface area contributed by atoms with E-state index < -0.39 is 0 Å². The van der Waals surface area contributed by atoms with Gasteiger partial charge in [0.2, 0.25) is 5.91 Å². The number of piperidine rings is 1. The van der Waals surface area contributed by atoms with Crippen molar-refractivity contribution in [2.45, 2.75) is 39.3 Å². The largest absolute Gasteiger partial charge is 0.506 e. The highest BCUT2D eigenvalue weighted by molar-refractivity contribution is 6.16. The van der Waals surface area contributed by atoms with E-state index >= 15 is 0 Å². The van der Waals surface area contributed by atoms with Crippen LogP contribution in [-0.2, 0) is 17.9 Å². The number of anilines is 1. The number of para-hydroxylation sites is 1. The van der Waals surface area contributed by atoms with Gasteiger partial charge in [-0.1, -0.05) is 30.3 Å². The van der Waals surface area contributed by atoms with E-state index in [1.54, 1.807) is 25.3 Å². The highest BCUT2D eigenvalue weighted by Gasteiger charge is 2.25. The molecule has 1 fully saturated rings. The molecule has 7 nitrogen and oxygen atoms in total. The number of hydrogen-bond donors (Lipinski definition) is 2. The summed E-state index contributed by atoms with van der Waals surface area (Å²) in [6, 6.07) is 19.0. The van der Waals surface area contributed by atoms with E-state index in [2.05, 4.69) is 16.3 Å². The third-order valence-electron chi connectivity index (χ3n) is 7.34. The number of rotatable bonds is 8. The number of Topliss-reactive ketones (excluding diaryl/α,β-unsaturated/α-hetero) is 1. The number of likely N-dealkylation sites (tertiary alicyclic amines) is 1. The maximum atomic E-state index is 13.4. The summed E-state index contributed by atoms with van der Waals surface area (Å²) in [5.41, 5.74) is 5.75. The normalized spacial score (nSPS) is 17.0. The molecule has 2 aliphatic rings. The Kier molecular flexibility index (Phi) is 7.56. The van der Waals surface area contributed by atoms with Crippen molar-refractivity contribution in [2.75, 3.05) is 25.5 Å². The zero-order chi connectivity index (χ0) is 26.6. The lowest BCUT2D eigenvalue weighted by Gasteiger charge is -2.32. The van der Waals surface area contributed by atoms with Gasteiger partial charge in [0, 0.05) is 48.7 Å². The standard InChI is InChI=1S/C31H33N3O4/c1-20(35)33-27-16-23(11-12-28(27)36)31-26-15-22(9-10-24(26)17-32-31)29(37)14-21-6-5-13-34(18-21)19-25-7-3-4-8-30(25)38-2/h3-4,7-12,15-16,21,36H,5-6,13-14,17-19H2,1-2H3,(H,33,35)/t21-/m0/s1. The maximum absolute atomic E-state index is 13.4. The van der Waals surface area contributed by atoms with Crippen molar-refractivity contribution in [2.24, 2.45) is 10.9 Å². The smallest absolute Gasteiger partial charge is 0.221 e. The highest BCUT2D eigenvalue weighted by Crippen LogP contribution is 2.31. The summed E-state index contributed by atoms with van der Waals surface area (Å²) < 4.78 is 5.52. The third-order valence-corrected chi connectivity index (χ3v) is 7.34. The minimum absolute atomic E-state index is 0.000988. The predicted octanol–water partition coefficient (Wildman–Crippen LogP) is 5.20. The Morgan fingerprint density at radius 3 is 2.79 bits per heavy atom. The minimum Gasteiger partial charge on any atom is -0.506 e. The zero-order valence-electron chi connectivity index (χ0n) is 21.9. The highest BCUT2D eigenvalue weighted by atomic mass is 16.5. The number of hydrogen-bond acceptors (Lipinski definition) is 6. The van der Waals surface area contributed by atoms with E-state index in [9.17, 15) is 14.7 Å². The molecule has 1 saturated heterocycles. The molecule has 2 heterocycles. The number of ether oxygens (including phenoxy) is 1. The van der Waals surface area contributed by atoms with Gasteiger partial charge in [-0.05, 0) is 61.2 Å². The van der Waals surface area contributed by atoms with Gasteiger partial charge >= 0.3 is 0 Å². The van der Waals surface area contributed by atoms with Gasteiger partial charge in [0.25, 0.3) is 0 Å². The van der Waals surface area contributed by atoms with Crippen molar-refractivity contribution in [3.05, 3.63) is 88.5 Å². The van der Waals surface area contributed by atoms with Crippen LogP contribution >= 0.6 is 0 Å². The lowest BCUT2D eigenvalue weighted by Crippen LogP contribution is -2.35. The lowest BCUT2D eigenvalue weighted by atomic mass is 9.89. The van der Waals surface area contributed by atoms with Gasteiger partial charge in [-0.2, -0.15) is 0 Å². The molecule has 196 valence electrons. The number of ketones is 1. The molecule has 1 amide bonds. The van der Waals surface area contributed by atoms with Crippen LogP contribution in [0, 0.1) is 5.92 Å². The molecule has 3 aromatic rings. The van der Waals surface area contributed by atoms with Gasteiger partial charge in [0.15, 0.2) is 5.78 Å². The van der Waals surface area contributed by atoms with Crippen molar-refractivity contribution in [3.63, 3.8) is 0 Å². The first-order chi connectivity index (χ1) is 18.4. The van der Waals surface area contributed by atoms with Gasteiger partial charge in [0.05, 0.1) is 25.1 Å². The maximum Gasteiger partial charge on any atom is 0.221 e. The molecule has 7 heteroatoms. The van der Waals surface area contributed by atoms with E-state index in [1.165, 1.54) is 12.5 Å². The number of aromatic hydroxyl groups is 1. The van der Waals surface area contributed by atoms with Crippen molar-refractivity contribution in [1.82, 2.24) is 4.90 Å². The second kappa shape index (κ2) is 11.2. The molecule has 0 unspecified atom stereocenters. The predicted molar refractivity (Wildman–Crippen MR) is 148 cm³/mol. The Morgan fingerprint density at radius 2 is 1.97 bits per heavy atom. The number of carbonyl (C=O) groups is 2. The van der Waals surface area contributed by atoms with Gasteiger partial charge in [-0.3, -0.25) is 19.5 Å². The van der Waals surface area contributed by atoms with Gasteiger partial charge in [0.1, 0.15) is 11.5 Å². The van der Waals surface area contributed by atoms with E-state index in [1.807, 2.05) is 36.4 Å². The molecular weight excluding hydrogens is 478 g/mol. The van der Waals surface area contributed by atoms with Crippen LogP contribution in [0.2, 0.25) is 0 Å². The van der Waals surface area contributed by atoms with Crippen LogP contribution < -0.4 is 10.1 Å². The van der Waals surface area contributed by atoms with Gasteiger partial charge in [-0.15, -0.1) is 0 Å². The number of aliphatic imine (C=N–C) groups is 1. The summed E-state index contributed by atoms with van der Waals surface area (Å²) in [6.07, 6.45) is 2.64. The van der Waals surface area contributed by atoms with Crippen LogP contribution in [0.5, 0.6) is 11.5 Å². The van der Waals surface area contributed by atoms with E-state index in [-0.39, 0.29) is 17.4 Å². The van der Waals surface area contributed by atoms with Crippen LogP contribution in [0.25, 0.3) is 0 Å². The number of carbonyl (C=O) groups excluding carboxylic acids is 2.